The van der Waals surface area contributed by atoms with Gasteiger partial charge in [0.15, 0.2) is 0 Å². The van der Waals surface area contributed by atoms with Crippen molar-refractivity contribution in [2.45, 2.75) is 26.0 Å². The summed E-state index contributed by atoms with van der Waals surface area (Å²) in [6, 6.07) is 5.89. The van der Waals surface area contributed by atoms with Gasteiger partial charge in [-0.25, -0.2) is 0 Å². The third-order valence-electron chi connectivity index (χ3n) is 1.59. The van der Waals surface area contributed by atoms with E-state index in [-0.39, 0.29) is 5.75 Å². The van der Waals surface area contributed by atoms with E-state index in [1.165, 1.54) is 18.2 Å². The van der Waals surface area contributed by atoms with Crippen LogP contribution >= 0.6 is 0 Å². The summed E-state index contributed by atoms with van der Waals surface area (Å²) in [7, 11) is -1.57. The first-order chi connectivity index (χ1) is 7.16. The van der Waals surface area contributed by atoms with Crippen LogP contribution in [0.15, 0.2) is 24.3 Å². The molecule has 6 heteroatoms. The molecule has 0 saturated carbocycles. The molecule has 0 spiro atoms. The maximum absolute atomic E-state index is 12.0. The molecule has 0 radical (unpaired) electrons. The van der Waals surface area contributed by atoms with E-state index in [1.807, 2.05) is 0 Å². The molecule has 0 heterocycles. The fraction of sp³-hybridized carbons (Fsp3) is 0.400. The van der Waals surface area contributed by atoms with Gasteiger partial charge in [-0.05, 0) is 12.1 Å². The summed E-state index contributed by atoms with van der Waals surface area (Å²) in [5.41, 5.74) is 0.654. The summed E-state index contributed by atoms with van der Waals surface area (Å²) in [5.74, 6) is -0.198. The van der Waals surface area contributed by atoms with Crippen molar-refractivity contribution in [2.75, 3.05) is 4.98 Å². The third kappa shape index (κ3) is 5.06. The Morgan fingerprint density at radius 2 is 1.81 bits per heavy atom. The number of nitrogens with one attached hydrogen (secondary N) is 1. The molecule has 0 aliphatic heterocycles. The maximum atomic E-state index is 12.0. The Hall–Kier alpha value is -1.17. The standard InChI is InChI=1S/C10H14F3NOSi/c1-16(2,3)14-8-5-4-6-9(7-8)15-10(11,12)13/h4-7,14H,1-3H3. The van der Waals surface area contributed by atoms with E-state index in [1.54, 1.807) is 6.07 Å². The first-order valence-corrected chi connectivity index (χ1v) is 8.30. The lowest BCUT2D eigenvalue weighted by atomic mass is 10.3. The van der Waals surface area contributed by atoms with Crippen LogP contribution in [0.2, 0.25) is 19.6 Å². The number of halogens is 3. The lowest BCUT2D eigenvalue weighted by Crippen LogP contribution is -2.32. The van der Waals surface area contributed by atoms with Gasteiger partial charge >= 0.3 is 6.36 Å². The van der Waals surface area contributed by atoms with Gasteiger partial charge in [-0.1, -0.05) is 25.7 Å². The lowest BCUT2D eigenvalue weighted by Gasteiger charge is -2.20. The van der Waals surface area contributed by atoms with Crippen molar-refractivity contribution >= 4 is 13.9 Å². The van der Waals surface area contributed by atoms with Crippen LogP contribution in [-0.2, 0) is 0 Å². The second-order valence-corrected chi connectivity index (χ2v) is 9.20. The number of hydrogen-bond donors (Lipinski definition) is 1. The molecule has 0 saturated heterocycles. The van der Waals surface area contributed by atoms with Crippen LogP contribution in [0.1, 0.15) is 0 Å². The van der Waals surface area contributed by atoms with Gasteiger partial charge in [0.2, 0.25) is 0 Å². The number of alkyl halides is 3. The molecule has 0 unspecified atom stereocenters. The lowest BCUT2D eigenvalue weighted by molar-refractivity contribution is -0.274. The van der Waals surface area contributed by atoms with Gasteiger partial charge < -0.3 is 9.72 Å². The average Bonchev–Trinajstić information content (AvgIpc) is 1.96. The Morgan fingerprint density at radius 1 is 1.19 bits per heavy atom. The number of ether oxygens (including phenoxy) is 1. The minimum atomic E-state index is -4.64. The molecule has 1 aromatic rings. The molecule has 0 aliphatic rings. The molecule has 0 aliphatic carbocycles. The van der Waals surface area contributed by atoms with E-state index in [2.05, 4.69) is 29.4 Å². The molecule has 0 amide bonds. The quantitative estimate of drug-likeness (QED) is 0.822. The minimum absolute atomic E-state index is 0.198. The summed E-state index contributed by atoms with van der Waals surface area (Å²) < 4.78 is 39.8. The first-order valence-electron chi connectivity index (χ1n) is 4.80. The highest BCUT2D eigenvalue weighted by Crippen LogP contribution is 2.25. The molecule has 0 aromatic heterocycles. The van der Waals surface area contributed by atoms with Crippen LogP contribution in [-0.4, -0.2) is 14.6 Å². The molecule has 90 valence electrons. The predicted octanol–water partition coefficient (Wildman–Crippen LogP) is 3.83. The van der Waals surface area contributed by atoms with Crippen LogP contribution in [0.25, 0.3) is 0 Å². The molecule has 1 N–H and O–H groups in total. The number of rotatable bonds is 3. The molecule has 1 rings (SSSR count). The van der Waals surface area contributed by atoms with Crippen LogP contribution in [0, 0.1) is 0 Å². The fourth-order valence-electron chi connectivity index (χ4n) is 1.20. The zero-order valence-electron chi connectivity index (χ0n) is 9.35. The fourth-order valence-corrected chi connectivity index (χ4v) is 2.23. The van der Waals surface area contributed by atoms with Crippen LogP contribution < -0.4 is 9.72 Å². The summed E-state index contributed by atoms with van der Waals surface area (Å²) in [5, 5.41) is 0. The minimum Gasteiger partial charge on any atom is -0.411 e. The van der Waals surface area contributed by atoms with E-state index in [0.717, 1.165) is 0 Å². The Kier molecular flexibility index (Phi) is 3.52. The van der Waals surface area contributed by atoms with E-state index in [9.17, 15) is 13.2 Å². The summed E-state index contributed by atoms with van der Waals surface area (Å²) in [4.78, 5) is 3.20. The van der Waals surface area contributed by atoms with Crippen molar-refractivity contribution in [3.8, 4) is 5.75 Å². The molecular weight excluding hydrogens is 235 g/mol. The van der Waals surface area contributed by atoms with Gasteiger partial charge in [0.05, 0.1) is 0 Å². The Morgan fingerprint density at radius 3 is 2.31 bits per heavy atom. The van der Waals surface area contributed by atoms with Crippen LogP contribution in [0.4, 0.5) is 18.9 Å². The molecule has 0 atom stereocenters. The SMILES string of the molecule is C[Si](C)(C)Nc1cccc(OC(F)(F)F)c1. The van der Waals surface area contributed by atoms with Crippen LogP contribution in [0.3, 0.4) is 0 Å². The van der Waals surface area contributed by atoms with Gasteiger partial charge in [-0.3, -0.25) is 0 Å². The van der Waals surface area contributed by atoms with E-state index in [4.69, 9.17) is 0 Å². The second-order valence-electron chi connectivity index (χ2n) is 4.45. The summed E-state index contributed by atoms with van der Waals surface area (Å²) >= 11 is 0. The van der Waals surface area contributed by atoms with Crippen molar-refractivity contribution in [1.29, 1.82) is 0 Å². The number of hydrogen-bond acceptors (Lipinski definition) is 2. The highest BCUT2D eigenvalue weighted by Gasteiger charge is 2.31. The van der Waals surface area contributed by atoms with Gasteiger partial charge in [0.1, 0.15) is 14.0 Å². The summed E-state index contributed by atoms with van der Waals surface area (Å²) in [6.07, 6.45) is -4.64. The maximum Gasteiger partial charge on any atom is 0.573 e. The highest BCUT2D eigenvalue weighted by molar-refractivity contribution is 6.79. The van der Waals surface area contributed by atoms with Gasteiger partial charge in [-0.15, -0.1) is 13.2 Å². The van der Waals surface area contributed by atoms with Gasteiger partial charge in [-0.2, -0.15) is 0 Å². The molecule has 1 aromatic carbocycles. The zero-order valence-corrected chi connectivity index (χ0v) is 10.4. The number of benzene rings is 1. The van der Waals surface area contributed by atoms with E-state index in [0.29, 0.717) is 5.69 Å². The van der Waals surface area contributed by atoms with E-state index >= 15 is 0 Å². The monoisotopic (exact) mass is 249 g/mol. The molecular formula is C10H14F3NOSi. The summed E-state index contributed by atoms with van der Waals surface area (Å²) in [6.45, 7) is 6.18. The Bertz CT molecular complexity index is 329. The molecule has 2 nitrogen and oxygen atoms in total. The van der Waals surface area contributed by atoms with Crippen molar-refractivity contribution in [1.82, 2.24) is 0 Å². The van der Waals surface area contributed by atoms with Crippen molar-refractivity contribution in [2.24, 2.45) is 0 Å². The van der Waals surface area contributed by atoms with Crippen molar-refractivity contribution < 1.29 is 17.9 Å². The largest absolute Gasteiger partial charge is 0.573 e. The molecule has 0 fully saturated rings. The van der Waals surface area contributed by atoms with Crippen LogP contribution in [0.5, 0.6) is 5.75 Å². The third-order valence-corrected chi connectivity index (χ3v) is 2.63. The second kappa shape index (κ2) is 4.37. The highest BCUT2D eigenvalue weighted by atomic mass is 28.3. The zero-order chi connectivity index (χ0) is 12.4. The van der Waals surface area contributed by atoms with Gasteiger partial charge in [0.25, 0.3) is 0 Å². The van der Waals surface area contributed by atoms with E-state index < -0.39 is 14.6 Å². The smallest absolute Gasteiger partial charge is 0.411 e. The van der Waals surface area contributed by atoms with Crippen molar-refractivity contribution in [3.63, 3.8) is 0 Å². The molecule has 0 bridgehead atoms. The van der Waals surface area contributed by atoms with Gasteiger partial charge in [0, 0.05) is 11.8 Å². The average molecular weight is 249 g/mol. The predicted molar refractivity (Wildman–Crippen MR) is 60.1 cm³/mol. The topological polar surface area (TPSA) is 21.3 Å². The first kappa shape index (κ1) is 12.9. The Labute approximate surface area is 93.5 Å². The normalized spacial score (nSPS) is 12.4. The van der Waals surface area contributed by atoms with Crippen molar-refractivity contribution in [3.05, 3.63) is 24.3 Å². The number of anilines is 1. The Balaban J connectivity index is 2.79. The molecule has 16 heavy (non-hydrogen) atoms.